The Morgan fingerprint density at radius 2 is 1.93 bits per heavy atom. The molecule has 0 aliphatic carbocycles. The van der Waals surface area contributed by atoms with Gasteiger partial charge < -0.3 is 15.9 Å². The molecule has 88 valence electrons. The SMILES string of the molecule is N[C@@H](CSC(=O)CCCCCO)C(=O)O. The average molecular weight is 235 g/mol. The van der Waals surface area contributed by atoms with Crippen molar-refractivity contribution in [2.24, 2.45) is 5.73 Å². The molecule has 0 saturated heterocycles. The lowest BCUT2D eigenvalue weighted by Gasteiger charge is -2.04. The first-order chi connectivity index (χ1) is 7.07. The maximum atomic E-state index is 11.2. The first-order valence-corrected chi connectivity index (χ1v) is 5.81. The van der Waals surface area contributed by atoms with Gasteiger partial charge in [-0.05, 0) is 12.8 Å². The monoisotopic (exact) mass is 235 g/mol. The standard InChI is InChI=1S/C9H17NO4S/c10-7(9(13)14)6-15-8(12)4-2-1-3-5-11/h7,11H,1-6,10H2,(H,13,14)/t7-/m0/s1. The Labute approximate surface area is 93.0 Å². The van der Waals surface area contributed by atoms with Gasteiger partial charge in [0.15, 0.2) is 5.12 Å². The largest absolute Gasteiger partial charge is 0.480 e. The summed E-state index contributed by atoms with van der Waals surface area (Å²) < 4.78 is 0. The molecule has 15 heavy (non-hydrogen) atoms. The molecule has 0 aliphatic heterocycles. The maximum absolute atomic E-state index is 11.2. The number of carboxylic acid groups (broad SMARTS) is 1. The number of thioether (sulfide) groups is 1. The first kappa shape index (κ1) is 14.4. The number of aliphatic carboxylic acids is 1. The molecule has 0 spiro atoms. The topological polar surface area (TPSA) is 101 Å². The predicted molar refractivity (Wildman–Crippen MR) is 58.6 cm³/mol. The average Bonchev–Trinajstić information content (AvgIpc) is 2.20. The van der Waals surface area contributed by atoms with Gasteiger partial charge in [0, 0.05) is 18.8 Å². The van der Waals surface area contributed by atoms with Gasteiger partial charge in [-0.15, -0.1) is 0 Å². The zero-order valence-corrected chi connectivity index (χ0v) is 9.33. The van der Waals surface area contributed by atoms with Crippen LogP contribution in [0.25, 0.3) is 0 Å². The van der Waals surface area contributed by atoms with E-state index in [4.69, 9.17) is 15.9 Å². The minimum atomic E-state index is -1.09. The second kappa shape index (κ2) is 8.70. The Balaban J connectivity index is 3.45. The van der Waals surface area contributed by atoms with Crippen LogP contribution in [0.2, 0.25) is 0 Å². The smallest absolute Gasteiger partial charge is 0.321 e. The van der Waals surface area contributed by atoms with Crippen LogP contribution >= 0.6 is 11.8 Å². The fraction of sp³-hybridized carbons (Fsp3) is 0.778. The quantitative estimate of drug-likeness (QED) is 0.520. The van der Waals surface area contributed by atoms with Crippen LogP contribution in [0.5, 0.6) is 0 Å². The number of carbonyl (C=O) groups is 2. The van der Waals surface area contributed by atoms with Crippen molar-refractivity contribution in [2.45, 2.75) is 31.7 Å². The number of hydrogen-bond acceptors (Lipinski definition) is 5. The van der Waals surface area contributed by atoms with E-state index >= 15 is 0 Å². The van der Waals surface area contributed by atoms with Crippen LogP contribution in [-0.4, -0.2) is 39.7 Å². The molecule has 1 atom stereocenters. The lowest BCUT2D eigenvalue weighted by Crippen LogP contribution is -2.32. The summed E-state index contributed by atoms with van der Waals surface area (Å²) in [5.74, 6) is -0.968. The van der Waals surface area contributed by atoms with Gasteiger partial charge in [-0.3, -0.25) is 9.59 Å². The van der Waals surface area contributed by atoms with Gasteiger partial charge in [0.05, 0.1) is 0 Å². The number of carbonyl (C=O) groups excluding carboxylic acids is 1. The first-order valence-electron chi connectivity index (χ1n) is 4.82. The molecule has 0 rings (SSSR count). The number of carboxylic acids is 1. The van der Waals surface area contributed by atoms with E-state index in [-0.39, 0.29) is 17.5 Å². The number of aliphatic hydroxyl groups excluding tert-OH is 1. The van der Waals surface area contributed by atoms with Crippen LogP contribution in [-0.2, 0) is 9.59 Å². The summed E-state index contributed by atoms with van der Waals surface area (Å²) >= 11 is 0.964. The highest BCUT2D eigenvalue weighted by Gasteiger charge is 2.13. The van der Waals surface area contributed by atoms with Crippen LogP contribution in [0.15, 0.2) is 0 Å². The number of aliphatic hydroxyl groups is 1. The van der Waals surface area contributed by atoms with Gasteiger partial charge in [0.1, 0.15) is 6.04 Å². The van der Waals surface area contributed by atoms with Gasteiger partial charge in [0.25, 0.3) is 0 Å². The third-order valence-electron chi connectivity index (χ3n) is 1.78. The molecule has 0 radical (unpaired) electrons. The molecule has 0 aromatic heterocycles. The number of unbranched alkanes of at least 4 members (excludes halogenated alkanes) is 2. The van der Waals surface area contributed by atoms with E-state index < -0.39 is 12.0 Å². The maximum Gasteiger partial charge on any atom is 0.321 e. The summed E-state index contributed by atoms with van der Waals surface area (Å²) in [5.41, 5.74) is 5.24. The molecule has 0 bridgehead atoms. The van der Waals surface area contributed by atoms with E-state index in [1.54, 1.807) is 0 Å². The molecular formula is C9H17NO4S. The van der Waals surface area contributed by atoms with Crippen LogP contribution < -0.4 is 5.73 Å². The van der Waals surface area contributed by atoms with Crippen molar-refractivity contribution in [1.29, 1.82) is 0 Å². The summed E-state index contributed by atoms with van der Waals surface area (Å²) in [6.07, 6.45) is 2.66. The highest BCUT2D eigenvalue weighted by atomic mass is 32.2. The predicted octanol–water partition coefficient (Wildman–Crippen LogP) is 0.211. The fourth-order valence-corrected chi connectivity index (χ4v) is 1.68. The Morgan fingerprint density at radius 3 is 2.47 bits per heavy atom. The van der Waals surface area contributed by atoms with E-state index in [0.29, 0.717) is 12.8 Å². The van der Waals surface area contributed by atoms with E-state index in [2.05, 4.69) is 0 Å². The second-order valence-electron chi connectivity index (χ2n) is 3.16. The Morgan fingerprint density at radius 1 is 1.27 bits per heavy atom. The summed E-state index contributed by atoms with van der Waals surface area (Å²) in [4.78, 5) is 21.5. The molecule has 0 amide bonds. The summed E-state index contributed by atoms with van der Waals surface area (Å²) in [6.45, 7) is 0.144. The molecule has 0 aromatic rings. The molecule has 0 fully saturated rings. The highest BCUT2D eigenvalue weighted by Crippen LogP contribution is 2.10. The minimum Gasteiger partial charge on any atom is -0.480 e. The molecular weight excluding hydrogens is 218 g/mol. The van der Waals surface area contributed by atoms with Crippen molar-refractivity contribution in [3.8, 4) is 0 Å². The van der Waals surface area contributed by atoms with E-state index in [1.165, 1.54) is 0 Å². The van der Waals surface area contributed by atoms with E-state index in [0.717, 1.165) is 24.6 Å². The minimum absolute atomic E-state index is 0.0374. The van der Waals surface area contributed by atoms with E-state index in [9.17, 15) is 9.59 Å². The van der Waals surface area contributed by atoms with Gasteiger partial charge in [-0.1, -0.05) is 18.2 Å². The van der Waals surface area contributed by atoms with Crippen molar-refractivity contribution < 1.29 is 19.8 Å². The van der Waals surface area contributed by atoms with Crippen LogP contribution in [0, 0.1) is 0 Å². The lowest BCUT2D eigenvalue weighted by molar-refractivity contribution is -0.137. The lowest BCUT2D eigenvalue weighted by atomic mass is 10.2. The summed E-state index contributed by atoms with van der Waals surface area (Å²) in [7, 11) is 0. The van der Waals surface area contributed by atoms with E-state index in [1.807, 2.05) is 0 Å². The molecule has 5 nitrogen and oxygen atoms in total. The zero-order chi connectivity index (χ0) is 11.7. The molecule has 0 heterocycles. The van der Waals surface area contributed by atoms with Crippen LogP contribution in [0.1, 0.15) is 25.7 Å². The molecule has 4 N–H and O–H groups in total. The molecule has 0 unspecified atom stereocenters. The van der Waals surface area contributed by atoms with Gasteiger partial charge in [-0.2, -0.15) is 0 Å². The third-order valence-corrected chi connectivity index (χ3v) is 2.83. The molecule has 0 saturated carbocycles. The Bertz CT molecular complexity index is 210. The van der Waals surface area contributed by atoms with Crippen molar-refractivity contribution in [2.75, 3.05) is 12.4 Å². The van der Waals surface area contributed by atoms with Crippen LogP contribution in [0.4, 0.5) is 0 Å². The second-order valence-corrected chi connectivity index (χ2v) is 4.24. The van der Waals surface area contributed by atoms with Gasteiger partial charge in [-0.25, -0.2) is 0 Å². The van der Waals surface area contributed by atoms with Gasteiger partial charge in [0.2, 0.25) is 0 Å². The highest BCUT2D eigenvalue weighted by molar-refractivity contribution is 8.13. The number of hydrogen-bond donors (Lipinski definition) is 3. The van der Waals surface area contributed by atoms with Crippen molar-refractivity contribution in [3.63, 3.8) is 0 Å². The Hall–Kier alpha value is -0.590. The zero-order valence-electron chi connectivity index (χ0n) is 8.52. The number of nitrogens with two attached hydrogens (primary N) is 1. The molecule has 0 aliphatic rings. The Kier molecular flexibility index (Phi) is 8.35. The summed E-state index contributed by atoms with van der Waals surface area (Å²) in [6, 6.07) is -0.976. The summed E-state index contributed by atoms with van der Waals surface area (Å²) in [5, 5.41) is 16.9. The molecule has 0 aromatic carbocycles. The van der Waals surface area contributed by atoms with Gasteiger partial charge >= 0.3 is 5.97 Å². The normalized spacial score (nSPS) is 12.4. The van der Waals surface area contributed by atoms with Crippen LogP contribution in [0.3, 0.4) is 0 Å². The third kappa shape index (κ3) is 8.41. The molecule has 6 heteroatoms. The number of rotatable bonds is 8. The fourth-order valence-electron chi connectivity index (χ4n) is 0.884. The van der Waals surface area contributed by atoms with Crippen molar-refractivity contribution in [1.82, 2.24) is 0 Å². The van der Waals surface area contributed by atoms with Crippen molar-refractivity contribution >= 4 is 22.8 Å². The van der Waals surface area contributed by atoms with Crippen molar-refractivity contribution in [3.05, 3.63) is 0 Å².